The molecule has 0 saturated carbocycles. The maximum Gasteiger partial charge on any atom is 0.243 e. The second-order valence-corrected chi connectivity index (χ2v) is 7.66. The molecule has 1 aliphatic rings. The second-order valence-electron chi connectivity index (χ2n) is 5.31. The summed E-state index contributed by atoms with van der Waals surface area (Å²) in [6.45, 7) is 2.67. The molecule has 0 aliphatic carbocycles. The van der Waals surface area contributed by atoms with Crippen molar-refractivity contribution in [2.45, 2.75) is 31.0 Å². The third-order valence-corrected chi connectivity index (χ3v) is 6.20. The topological polar surface area (TPSA) is 66.8 Å². The predicted octanol–water partition coefficient (Wildman–Crippen LogP) is 1.88. The van der Waals surface area contributed by atoms with Crippen LogP contribution in [0.4, 0.5) is 0 Å². The fourth-order valence-electron chi connectivity index (χ4n) is 2.50. The van der Waals surface area contributed by atoms with E-state index in [9.17, 15) is 8.42 Å². The molecule has 7 heteroatoms. The van der Waals surface area contributed by atoms with E-state index >= 15 is 0 Å². The van der Waals surface area contributed by atoms with Gasteiger partial charge in [0, 0.05) is 25.2 Å². The van der Waals surface area contributed by atoms with Crippen LogP contribution in [0.25, 0.3) is 0 Å². The van der Waals surface area contributed by atoms with Gasteiger partial charge in [0.25, 0.3) is 0 Å². The van der Waals surface area contributed by atoms with Gasteiger partial charge in [-0.25, -0.2) is 8.42 Å². The Balaban J connectivity index is 2.27. The van der Waals surface area contributed by atoms with E-state index in [2.05, 4.69) is 6.92 Å². The van der Waals surface area contributed by atoms with Crippen LogP contribution in [-0.2, 0) is 21.4 Å². The van der Waals surface area contributed by atoms with Crippen LogP contribution in [0, 0.1) is 5.92 Å². The van der Waals surface area contributed by atoms with Crippen LogP contribution in [0.2, 0.25) is 5.02 Å². The lowest BCUT2D eigenvalue weighted by atomic mass is 9.97. The summed E-state index contributed by atoms with van der Waals surface area (Å²) in [6.07, 6.45) is 0.668. The first-order valence-electron chi connectivity index (χ1n) is 6.82. The van der Waals surface area contributed by atoms with Gasteiger partial charge in [-0.15, -0.1) is 0 Å². The number of halogens is 1. The molecule has 1 aromatic carbocycles. The van der Waals surface area contributed by atoms with Gasteiger partial charge in [0.2, 0.25) is 10.0 Å². The molecule has 2 rings (SSSR count). The van der Waals surface area contributed by atoms with Crippen LogP contribution in [0.1, 0.15) is 18.9 Å². The Morgan fingerprint density at radius 1 is 1.48 bits per heavy atom. The lowest BCUT2D eigenvalue weighted by Gasteiger charge is -2.35. The van der Waals surface area contributed by atoms with Crippen LogP contribution < -0.4 is 0 Å². The Hall–Kier alpha value is -0.660. The maximum atomic E-state index is 12.7. The average molecular weight is 334 g/mol. The fraction of sp³-hybridized carbons (Fsp3) is 0.571. The number of sulfonamides is 1. The van der Waals surface area contributed by atoms with Gasteiger partial charge in [0.05, 0.1) is 17.6 Å². The predicted molar refractivity (Wildman–Crippen MR) is 80.7 cm³/mol. The molecule has 1 N–H and O–H groups in total. The minimum atomic E-state index is -3.59. The Labute approximate surface area is 130 Å². The van der Waals surface area contributed by atoms with Gasteiger partial charge in [-0.2, -0.15) is 4.31 Å². The molecular weight excluding hydrogens is 314 g/mol. The molecule has 118 valence electrons. The van der Waals surface area contributed by atoms with Crippen LogP contribution in [0.5, 0.6) is 0 Å². The summed E-state index contributed by atoms with van der Waals surface area (Å²) in [7, 11) is -1.99. The summed E-state index contributed by atoms with van der Waals surface area (Å²) in [5.74, 6) is 0.335. The zero-order chi connectivity index (χ0) is 15.6. The van der Waals surface area contributed by atoms with Crippen molar-refractivity contribution in [1.29, 1.82) is 0 Å². The number of rotatable bonds is 4. The van der Waals surface area contributed by atoms with E-state index in [1.54, 1.807) is 7.11 Å². The number of nitrogens with zero attached hydrogens (tertiary/aromatic N) is 1. The molecule has 0 amide bonds. The number of benzene rings is 1. The van der Waals surface area contributed by atoms with Crippen LogP contribution in [-0.4, -0.2) is 44.1 Å². The number of aliphatic hydroxyl groups is 1. The van der Waals surface area contributed by atoms with Gasteiger partial charge in [0.15, 0.2) is 0 Å². The first-order valence-corrected chi connectivity index (χ1v) is 8.64. The highest BCUT2D eigenvalue weighted by Crippen LogP contribution is 2.27. The summed E-state index contributed by atoms with van der Waals surface area (Å²) in [6, 6.07) is 4.41. The summed E-state index contributed by atoms with van der Waals surface area (Å²) in [5.41, 5.74) is 0.512. The number of methoxy groups -OCH3 is 1. The third-order valence-electron chi connectivity index (χ3n) is 3.99. The van der Waals surface area contributed by atoms with Gasteiger partial charge in [0.1, 0.15) is 0 Å². The highest BCUT2D eigenvalue weighted by atomic mass is 35.5. The van der Waals surface area contributed by atoms with Gasteiger partial charge in [-0.1, -0.05) is 24.6 Å². The monoisotopic (exact) mass is 333 g/mol. The molecule has 1 saturated heterocycles. The zero-order valence-corrected chi connectivity index (χ0v) is 13.7. The molecule has 1 heterocycles. The number of piperidine rings is 1. The van der Waals surface area contributed by atoms with E-state index in [0.717, 1.165) is 6.42 Å². The van der Waals surface area contributed by atoms with E-state index in [1.165, 1.54) is 22.5 Å². The van der Waals surface area contributed by atoms with Crippen molar-refractivity contribution in [3.8, 4) is 0 Å². The van der Waals surface area contributed by atoms with Crippen LogP contribution in [0.3, 0.4) is 0 Å². The summed E-state index contributed by atoms with van der Waals surface area (Å²) in [4.78, 5) is 0.147. The van der Waals surface area contributed by atoms with Crippen molar-refractivity contribution in [2.24, 2.45) is 5.92 Å². The summed E-state index contributed by atoms with van der Waals surface area (Å²) < 4.78 is 32.1. The molecule has 0 bridgehead atoms. The smallest absolute Gasteiger partial charge is 0.243 e. The van der Waals surface area contributed by atoms with E-state index in [0.29, 0.717) is 24.6 Å². The number of hydrogen-bond acceptors (Lipinski definition) is 4. The van der Waals surface area contributed by atoms with E-state index in [1.807, 2.05) is 0 Å². The van der Waals surface area contributed by atoms with Crippen molar-refractivity contribution >= 4 is 21.6 Å². The highest BCUT2D eigenvalue weighted by molar-refractivity contribution is 7.89. The molecule has 0 radical (unpaired) electrons. The molecule has 1 aromatic rings. The number of hydrogen-bond donors (Lipinski definition) is 1. The van der Waals surface area contributed by atoms with Gasteiger partial charge < -0.3 is 9.84 Å². The largest absolute Gasteiger partial charge is 0.392 e. The fourth-order valence-corrected chi connectivity index (χ4v) is 4.30. The average Bonchev–Trinajstić information content (AvgIpc) is 2.47. The number of aliphatic hydroxyl groups excluding tert-OH is 1. The maximum absolute atomic E-state index is 12.7. The number of ether oxygens (including phenoxy) is 1. The molecule has 1 aliphatic heterocycles. The van der Waals surface area contributed by atoms with Gasteiger partial charge in [-0.05, 0) is 30.0 Å². The van der Waals surface area contributed by atoms with Crippen LogP contribution >= 0.6 is 11.6 Å². The molecule has 5 nitrogen and oxygen atoms in total. The van der Waals surface area contributed by atoms with Crippen molar-refractivity contribution in [2.75, 3.05) is 20.2 Å². The van der Waals surface area contributed by atoms with Crippen molar-refractivity contribution in [1.82, 2.24) is 4.31 Å². The lowest BCUT2D eigenvalue weighted by Crippen LogP contribution is -2.46. The van der Waals surface area contributed by atoms with Crippen molar-refractivity contribution in [3.63, 3.8) is 0 Å². The Morgan fingerprint density at radius 2 is 2.19 bits per heavy atom. The molecule has 21 heavy (non-hydrogen) atoms. The first kappa shape index (κ1) is 16.7. The lowest BCUT2D eigenvalue weighted by molar-refractivity contribution is 0.0184. The van der Waals surface area contributed by atoms with Crippen LogP contribution in [0.15, 0.2) is 23.1 Å². The highest BCUT2D eigenvalue weighted by Gasteiger charge is 2.33. The molecule has 2 atom stereocenters. The van der Waals surface area contributed by atoms with Crippen molar-refractivity contribution in [3.05, 3.63) is 28.8 Å². The Bertz CT molecular complexity index is 605. The van der Waals surface area contributed by atoms with E-state index in [-0.39, 0.29) is 22.6 Å². The molecular formula is C14H20ClNO4S. The standard InChI is InChI=1S/C14H20ClNO4S/c1-10-5-6-16(8-14(10)20-2)21(18,19)12-4-3-11(9-17)13(15)7-12/h3-4,7,10,14,17H,5-6,8-9H2,1-2H3. The quantitative estimate of drug-likeness (QED) is 0.913. The van der Waals surface area contributed by atoms with Gasteiger partial charge >= 0.3 is 0 Å². The third kappa shape index (κ3) is 3.40. The summed E-state index contributed by atoms with van der Waals surface area (Å²) >= 11 is 5.99. The van der Waals surface area contributed by atoms with E-state index in [4.69, 9.17) is 21.4 Å². The molecule has 0 aromatic heterocycles. The second kappa shape index (κ2) is 6.62. The Morgan fingerprint density at radius 3 is 2.76 bits per heavy atom. The van der Waals surface area contributed by atoms with Gasteiger partial charge in [-0.3, -0.25) is 0 Å². The SMILES string of the molecule is COC1CN(S(=O)(=O)c2ccc(CO)c(Cl)c2)CCC1C. The molecule has 1 fully saturated rings. The van der Waals surface area contributed by atoms with E-state index < -0.39 is 10.0 Å². The Kier molecular flexibility index (Phi) is 5.27. The normalized spacial score (nSPS) is 24.2. The minimum absolute atomic E-state index is 0.0966. The zero-order valence-electron chi connectivity index (χ0n) is 12.1. The minimum Gasteiger partial charge on any atom is -0.392 e. The summed E-state index contributed by atoms with van der Waals surface area (Å²) in [5, 5.41) is 9.35. The van der Waals surface area contributed by atoms with Crippen molar-refractivity contribution < 1.29 is 18.3 Å². The molecule has 0 spiro atoms. The first-order chi connectivity index (χ1) is 9.90. The molecule has 2 unspecified atom stereocenters.